The van der Waals surface area contributed by atoms with Crippen LogP contribution in [-0.2, 0) is 20.8 Å². The molecule has 0 aliphatic carbocycles. The van der Waals surface area contributed by atoms with Gasteiger partial charge in [-0.1, -0.05) is 44.2 Å². The fraction of sp³-hybridized carbons (Fsp3) is 0.571. The van der Waals surface area contributed by atoms with Gasteiger partial charge in [-0.15, -0.1) is 0 Å². The van der Waals surface area contributed by atoms with E-state index in [9.17, 15) is 14.4 Å². The van der Waals surface area contributed by atoms with Gasteiger partial charge in [0, 0.05) is 6.54 Å². The number of piperidine rings is 1. The lowest BCUT2D eigenvalue weighted by atomic mass is 9.97. The molecule has 6 nitrogen and oxygen atoms in total. The van der Waals surface area contributed by atoms with Gasteiger partial charge in [0.2, 0.25) is 11.8 Å². The lowest BCUT2D eigenvalue weighted by Crippen LogP contribution is -2.56. The van der Waals surface area contributed by atoms with Crippen LogP contribution in [0.25, 0.3) is 0 Å². The van der Waals surface area contributed by atoms with Crippen LogP contribution in [0.3, 0.4) is 0 Å². The van der Waals surface area contributed by atoms with Crippen molar-refractivity contribution in [2.75, 3.05) is 6.54 Å². The summed E-state index contributed by atoms with van der Waals surface area (Å²) in [4.78, 5) is 38.6. The molecule has 3 atom stereocenters. The Hall–Kier alpha value is -2.21. The van der Waals surface area contributed by atoms with E-state index in [2.05, 4.69) is 5.32 Å². The predicted octanol–water partition coefficient (Wildman–Crippen LogP) is 1.67. The van der Waals surface area contributed by atoms with Gasteiger partial charge >= 0.3 is 0 Å². The first kappa shape index (κ1) is 21.1. The van der Waals surface area contributed by atoms with Crippen molar-refractivity contribution in [2.45, 2.75) is 64.1 Å². The largest absolute Gasteiger partial charge is 0.343 e. The topological polar surface area (TPSA) is 92.5 Å². The number of likely N-dealkylation sites (tertiary alicyclic amines) is 1. The zero-order valence-electron chi connectivity index (χ0n) is 16.3. The fourth-order valence-corrected chi connectivity index (χ4v) is 3.50. The molecule has 0 bridgehead atoms. The van der Waals surface area contributed by atoms with Gasteiger partial charge in [0.1, 0.15) is 12.3 Å². The highest BCUT2D eigenvalue weighted by molar-refractivity contribution is 5.91. The molecule has 1 aromatic rings. The van der Waals surface area contributed by atoms with Gasteiger partial charge in [-0.2, -0.15) is 0 Å². The number of nitrogens with two attached hydrogens (primary N) is 1. The van der Waals surface area contributed by atoms with Crippen LogP contribution < -0.4 is 11.1 Å². The summed E-state index contributed by atoms with van der Waals surface area (Å²) >= 11 is 0. The van der Waals surface area contributed by atoms with Crippen molar-refractivity contribution < 1.29 is 14.4 Å². The number of nitrogens with zero attached hydrogens (tertiary/aromatic N) is 1. The molecule has 6 heteroatoms. The molecule has 0 radical (unpaired) electrons. The summed E-state index contributed by atoms with van der Waals surface area (Å²) in [5.41, 5.74) is 7.04. The molecule has 148 valence electrons. The van der Waals surface area contributed by atoms with Gasteiger partial charge in [0.25, 0.3) is 0 Å². The first-order chi connectivity index (χ1) is 12.9. The van der Waals surface area contributed by atoms with Crippen LogP contribution in [-0.4, -0.2) is 47.7 Å². The number of carbonyl (C=O) groups is 3. The van der Waals surface area contributed by atoms with Crippen molar-refractivity contribution in [1.82, 2.24) is 10.2 Å². The van der Waals surface area contributed by atoms with Crippen molar-refractivity contribution in [3.63, 3.8) is 0 Å². The number of rotatable bonds is 8. The molecule has 1 aliphatic heterocycles. The van der Waals surface area contributed by atoms with E-state index in [-0.39, 0.29) is 17.7 Å². The zero-order valence-corrected chi connectivity index (χ0v) is 16.3. The van der Waals surface area contributed by atoms with Crippen LogP contribution in [0, 0.1) is 5.92 Å². The Kier molecular flexibility index (Phi) is 7.98. The fourth-order valence-electron chi connectivity index (χ4n) is 3.50. The van der Waals surface area contributed by atoms with Crippen LogP contribution in [0.4, 0.5) is 0 Å². The maximum absolute atomic E-state index is 13.0. The van der Waals surface area contributed by atoms with Crippen molar-refractivity contribution >= 4 is 18.1 Å². The standard InChI is InChI=1S/C21H31N3O3/c1-15(2)12-19(21(27)24-11-7-6-10-17(24)14-25)23-20(26)18(22)13-16-8-4-3-5-9-16/h3-5,8-9,14-15,17-19H,6-7,10-13,22H2,1-2H3,(H,23,26)/t17-,18-,19-/m0/s1. The molecule has 1 aromatic carbocycles. The summed E-state index contributed by atoms with van der Waals surface area (Å²) in [5.74, 6) is -0.289. The highest BCUT2D eigenvalue weighted by Gasteiger charge is 2.33. The van der Waals surface area contributed by atoms with E-state index in [0.717, 1.165) is 24.7 Å². The summed E-state index contributed by atoms with van der Waals surface area (Å²) in [6.07, 6.45) is 4.28. The van der Waals surface area contributed by atoms with E-state index >= 15 is 0 Å². The normalized spacial score (nSPS) is 19.4. The Morgan fingerprint density at radius 1 is 1.26 bits per heavy atom. The molecule has 0 aromatic heterocycles. The molecule has 0 saturated carbocycles. The molecule has 1 heterocycles. The minimum atomic E-state index is -0.724. The van der Waals surface area contributed by atoms with Gasteiger partial charge in [0.15, 0.2) is 0 Å². The number of carbonyl (C=O) groups excluding carboxylic acids is 3. The van der Waals surface area contributed by atoms with Gasteiger partial charge in [0.05, 0.1) is 12.1 Å². The molecule has 2 rings (SSSR count). The number of amides is 2. The number of hydrogen-bond acceptors (Lipinski definition) is 4. The van der Waals surface area contributed by atoms with Gasteiger partial charge < -0.3 is 20.7 Å². The zero-order chi connectivity index (χ0) is 19.8. The first-order valence-electron chi connectivity index (χ1n) is 9.78. The third-order valence-corrected chi connectivity index (χ3v) is 4.95. The second kappa shape index (κ2) is 10.2. The summed E-state index contributed by atoms with van der Waals surface area (Å²) in [6, 6.07) is 7.79. The van der Waals surface area contributed by atoms with Crippen molar-refractivity contribution in [3.8, 4) is 0 Å². The molecule has 1 saturated heterocycles. The van der Waals surface area contributed by atoms with Crippen LogP contribution in [0.2, 0.25) is 0 Å². The van der Waals surface area contributed by atoms with Crippen LogP contribution in [0.15, 0.2) is 30.3 Å². The van der Waals surface area contributed by atoms with Gasteiger partial charge in [-0.25, -0.2) is 0 Å². The highest BCUT2D eigenvalue weighted by Crippen LogP contribution is 2.18. The second-order valence-corrected chi connectivity index (χ2v) is 7.72. The lowest BCUT2D eigenvalue weighted by molar-refractivity contribution is -0.142. The quantitative estimate of drug-likeness (QED) is 0.678. The summed E-state index contributed by atoms with van der Waals surface area (Å²) in [7, 11) is 0. The first-order valence-corrected chi connectivity index (χ1v) is 9.78. The van der Waals surface area contributed by atoms with Crippen molar-refractivity contribution in [1.29, 1.82) is 0 Å². The molecular weight excluding hydrogens is 342 g/mol. The average molecular weight is 373 g/mol. The molecule has 0 unspecified atom stereocenters. The van der Waals surface area contributed by atoms with Crippen LogP contribution in [0.5, 0.6) is 0 Å². The lowest BCUT2D eigenvalue weighted by Gasteiger charge is -2.35. The SMILES string of the molecule is CC(C)C[C@H](NC(=O)[C@@H](N)Cc1ccccc1)C(=O)N1CCCC[C@H]1C=O. The Labute approximate surface area is 161 Å². The third-order valence-electron chi connectivity index (χ3n) is 4.95. The van der Waals surface area contributed by atoms with Crippen molar-refractivity contribution in [2.24, 2.45) is 11.7 Å². The Morgan fingerprint density at radius 3 is 2.59 bits per heavy atom. The molecule has 1 fully saturated rings. The summed E-state index contributed by atoms with van der Waals surface area (Å²) in [6.45, 7) is 4.57. The van der Waals surface area contributed by atoms with E-state index in [1.54, 1.807) is 4.90 Å². The minimum absolute atomic E-state index is 0.180. The molecule has 2 amide bonds. The maximum atomic E-state index is 13.0. The second-order valence-electron chi connectivity index (χ2n) is 7.72. The monoisotopic (exact) mass is 373 g/mol. The van der Waals surface area contributed by atoms with Crippen LogP contribution in [0.1, 0.15) is 45.1 Å². The number of nitrogens with one attached hydrogen (secondary N) is 1. The van der Waals surface area contributed by atoms with E-state index in [1.807, 2.05) is 44.2 Å². The molecule has 0 spiro atoms. The smallest absolute Gasteiger partial charge is 0.245 e. The summed E-state index contributed by atoms with van der Waals surface area (Å²) < 4.78 is 0. The van der Waals surface area contributed by atoms with Gasteiger partial charge in [-0.3, -0.25) is 9.59 Å². The summed E-state index contributed by atoms with van der Waals surface area (Å²) in [5, 5.41) is 2.84. The highest BCUT2D eigenvalue weighted by atomic mass is 16.2. The van der Waals surface area contributed by atoms with Gasteiger partial charge in [-0.05, 0) is 43.6 Å². The Bertz CT molecular complexity index is 633. The Morgan fingerprint density at radius 2 is 1.96 bits per heavy atom. The minimum Gasteiger partial charge on any atom is -0.343 e. The predicted molar refractivity (Wildman–Crippen MR) is 105 cm³/mol. The van der Waals surface area contributed by atoms with Crippen LogP contribution >= 0.6 is 0 Å². The van der Waals surface area contributed by atoms with Crippen molar-refractivity contribution in [3.05, 3.63) is 35.9 Å². The Balaban J connectivity index is 2.05. The number of aldehydes is 1. The molecular formula is C21H31N3O3. The van der Waals surface area contributed by atoms with E-state index in [4.69, 9.17) is 5.73 Å². The average Bonchev–Trinajstić information content (AvgIpc) is 2.67. The number of hydrogen-bond donors (Lipinski definition) is 2. The molecule has 3 N–H and O–H groups in total. The maximum Gasteiger partial charge on any atom is 0.245 e. The third kappa shape index (κ3) is 6.17. The van der Waals surface area contributed by atoms with E-state index in [1.165, 1.54) is 0 Å². The van der Waals surface area contributed by atoms with E-state index in [0.29, 0.717) is 25.8 Å². The number of benzene rings is 1. The molecule has 27 heavy (non-hydrogen) atoms. The molecule has 1 aliphatic rings. The van der Waals surface area contributed by atoms with E-state index < -0.39 is 18.1 Å².